The number of aliphatic imine (C=N–C) groups is 1. The minimum atomic E-state index is -0.258. The van der Waals surface area contributed by atoms with E-state index in [0.717, 1.165) is 15.7 Å². The summed E-state index contributed by atoms with van der Waals surface area (Å²) >= 11 is 3.40. The standard InChI is InChI=1S/C15H16BrFN4.HI/c1-18-15(21-10-13-4-2-3-7-19-13)20-9-11-8-12(17)5-6-14(11)16;/h2-8H,9-10H2,1H3,(H2,18,20,21);1H. The lowest BCUT2D eigenvalue weighted by molar-refractivity contribution is 0.624. The highest BCUT2D eigenvalue weighted by Crippen LogP contribution is 2.17. The Balaban J connectivity index is 0.00000242. The van der Waals surface area contributed by atoms with Crippen molar-refractivity contribution in [1.29, 1.82) is 0 Å². The van der Waals surface area contributed by atoms with E-state index >= 15 is 0 Å². The molecule has 1 heterocycles. The van der Waals surface area contributed by atoms with Crippen molar-refractivity contribution >= 4 is 45.9 Å². The van der Waals surface area contributed by atoms with Crippen molar-refractivity contribution in [3.05, 3.63) is 64.1 Å². The summed E-state index contributed by atoms with van der Waals surface area (Å²) in [5.41, 5.74) is 1.75. The van der Waals surface area contributed by atoms with Gasteiger partial charge in [0.1, 0.15) is 5.82 Å². The molecule has 0 unspecified atom stereocenters. The summed E-state index contributed by atoms with van der Waals surface area (Å²) in [4.78, 5) is 8.35. The number of nitrogens with one attached hydrogen (secondary N) is 2. The van der Waals surface area contributed by atoms with Crippen LogP contribution in [-0.2, 0) is 13.1 Å². The van der Waals surface area contributed by atoms with Crippen molar-refractivity contribution in [1.82, 2.24) is 15.6 Å². The summed E-state index contributed by atoms with van der Waals surface area (Å²) in [6.07, 6.45) is 1.75. The minimum Gasteiger partial charge on any atom is -0.352 e. The number of pyridine rings is 1. The van der Waals surface area contributed by atoms with Crippen molar-refractivity contribution in [2.45, 2.75) is 13.1 Å². The van der Waals surface area contributed by atoms with E-state index in [2.05, 4.69) is 36.5 Å². The monoisotopic (exact) mass is 478 g/mol. The lowest BCUT2D eigenvalue weighted by Gasteiger charge is -2.12. The van der Waals surface area contributed by atoms with Gasteiger partial charge in [0.25, 0.3) is 0 Å². The van der Waals surface area contributed by atoms with Crippen molar-refractivity contribution in [3.8, 4) is 0 Å². The molecular weight excluding hydrogens is 462 g/mol. The Labute approximate surface area is 154 Å². The lowest BCUT2D eigenvalue weighted by atomic mass is 10.2. The van der Waals surface area contributed by atoms with Crippen LogP contribution in [-0.4, -0.2) is 18.0 Å². The van der Waals surface area contributed by atoms with E-state index in [1.54, 1.807) is 19.3 Å². The number of rotatable bonds is 4. The number of aromatic nitrogens is 1. The third kappa shape index (κ3) is 5.88. The fourth-order valence-corrected chi connectivity index (χ4v) is 2.14. The third-order valence-corrected chi connectivity index (χ3v) is 3.61. The molecule has 2 rings (SSSR count). The van der Waals surface area contributed by atoms with Gasteiger partial charge in [-0.3, -0.25) is 9.98 Å². The molecule has 0 radical (unpaired) electrons. The van der Waals surface area contributed by atoms with Crippen molar-refractivity contribution in [2.24, 2.45) is 4.99 Å². The summed E-state index contributed by atoms with van der Waals surface area (Å²) in [5, 5.41) is 6.30. The van der Waals surface area contributed by atoms with Gasteiger partial charge in [0, 0.05) is 24.3 Å². The van der Waals surface area contributed by atoms with E-state index in [1.807, 2.05) is 18.2 Å². The van der Waals surface area contributed by atoms with Gasteiger partial charge in [-0.2, -0.15) is 0 Å². The van der Waals surface area contributed by atoms with Crippen molar-refractivity contribution < 1.29 is 4.39 Å². The van der Waals surface area contributed by atoms with E-state index < -0.39 is 0 Å². The molecule has 118 valence electrons. The first-order valence-corrected chi connectivity index (χ1v) is 7.26. The molecule has 0 saturated heterocycles. The topological polar surface area (TPSA) is 49.3 Å². The minimum absolute atomic E-state index is 0. The van der Waals surface area contributed by atoms with Crippen LogP contribution in [0.1, 0.15) is 11.3 Å². The van der Waals surface area contributed by atoms with Gasteiger partial charge in [0.05, 0.1) is 12.2 Å². The Morgan fingerprint density at radius 2 is 2.00 bits per heavy atom. The van der Waals surface area contributed by atoms with Crippen LogP contribution in [0.15, 0.2) is 52.1 Å². The number of benzene rings is 1. The van der Waals surface area contributed by atoms with Crippen molar-refractivity contribution in [3.63, 3.8) is 0 Å². The van der Waals surface area contributed by atoms with E-state index in [4.69, 9.17) is 0 Å². The number of guanidine groups is 1. The zero-order valence-corrected chi connectivity index (χ0v) is 15.9. The molecule has 4 nitrogen and oxygen atoms in total. The first kappa shape index (κ1) is 18.8. The normalized spacial score (nSPS) is 10.8. The Hall–Kier alpha value is -1.22. The molecule has 0 aliphatic heterocycles. The summed E-state index contributed by atoms with van der Waals surface area (Å²) in [7, 11) is 1.69. The molecule has 2 N–H and O–H groups in total. The first-order valence-electron chi connectivity index (χ1n) is 6.47. The average Bonchev–Trinajstić information content (AvgIpc) is 2.51. The van der Waals surface area contributed by atoms with E-state index in [0.29, 0.717) is 19.0 Å². The highest BCUT2D eigenvalue weighted by atomic mass is 127. The van der Waals surface area contributed by atoms with Gasteiger partial charge in [-0.1, -0.05) is 22.0 Å². The van der Waals surface area contributed by atoms with Crippen LogP contribution in [0.5, 0.6) is 0 Å². The second kappa shape index (κ2) is 9.73. The number of nitrogens with zero attached hydrogens (tertiary/aromatic N) is 2. The molecule has 0 amide bonds. The van der Waals surface area contributed by atoms with E-state index in [-0.39, 0.29) is 29.8 Å². The maximum Gasteiger partial charge on any atom is 0.191 e. The third-order valence-electron chi connectivity index (χ3n) is 2.84. The number of hydrogen-bond donors (Lipinski definition) is 2. The van der Waals surface area contributed by atoms with E-state index in [1.165, 1.54) is 12.1 Å². The molecule has 1 aromatic carbocycles. The molecule has 1 aromatic heterocycles. The summed E-state index contributed by atoms with van der Waals surface area (Å²) < 4.78 is 14.1. The maximum absolute atomic E-state index is 13.2. The van der Waals surface area contributed by atoms with Crippen LogP contribution >= 0.6 is 39.9 Å². The van der Waals surface area contributed by atoms with Gasteiger partial charge in [0.15, 0.2) is 5.96 Å². The number of halogens is 3. The SMILES string of the molecule is CN=C(NCc1ccccn1)NCc1cc(F)ccc1Br.I. The summed E-state index contributed by atoms with van der Waals surface area (Å²) in [6.45, 7) is 1.05. The van der Waals surface area contributed by atoms with Gasteiger partial charge in [-0.05, 0) is 35.9 Å². The smallest absolute Gasteiger partial charge is 0.191 e. The quantitative estimate of drug-likeness (QED) is 0.402. The highest BCUT2D eigenvalue weighted by Gasteiger charge is 2.04. The van der Waals surface area contributed by atoms with Crippen LogP contribution < -0.4 is 10.6 Å². The Bertz CT molecular complexity index is 622. The molecule has 0 aliphatic rings. The summed E-state index contributed by atoms with van der Waals surface area (Å²) in [6, 6.07) is 10.3. The molecule has 2 aromatic rings. The molecule has 0 atom stereocenters. The Morgan fingerprint density at radius 1 is 1.23 bits per heavy atom. The fourth-order valence-electron chi connectivity index (χ4n) is 1.76. The Morgan fingerprint density at radius 3 is 2.68 bits per heavy atom. The van der Waals surface area contributed by atoms with Crippen LogP contribution in [0.25, 0.3) is 0 Å². The zero-order chi connectivity index (χ0) is 15.1. The molecule has 0 fully saturated rings. The van der Waals surface area contributed by atoms with Gasteiger partial charge in [0.2, 0.25) is 0 Å². The van der Waals surface area contributed by atoms with Gasteiger partial charge < -0.3 is 10.6 Å². The van der Waals surface area contributed by atoms with Crippen LogP contribution in [0.2, 0.25) is 0 Å². The molecule has 0 aliphatic carbocycles. The second-order valence-electron chi connectivity index (χ2n) is 4.34. The van der Waals surface area contributed by atoms with Crippen LogP contribution in [0.3, 0.4) is 0 Å². The number of hydrogen-bond acceptors (Lipinski definition) is 2. The summed E-state index contributed by atoms with van der Waals surface area (Å²) in [5.74, 6) is 0.378. The van der Waals surface area contributed by atoms with Gasteiger partial charge in [-0.15, -0.1) is 24.0 Å². The molecule has 7 heteroatoms. The lowest BCUT2D eigenvalue weighted by Crippen LogP contribution is -2.36. The predicted molar refractivity (Wildman–Crippen MR) is 101 cm³/mol. The molecule has 0 bridgehead atoms. The first-order chi connectivity index (χ1) is 10.2. The largest absolute Gasteiger partial charge is 0.352 e. The average molecular weight is 479 g/mol. The fraction of sp³-hybridized carbons (Fsp3) is 0.200. The second-order valence-corrected chi connectivity index (χ2v) is 5.19. The van der Waals surface area contributed by atoms with Crippen LogP contribution in [0.4, 0.5) is 4.39 Å². The predicted octanol–water partition coefficient (Wildman–Crippen LogP) is 3.47. The highest BCUT2D eigenvalue weighted by molar-refractivity contribution is 14.0. The molecule has 0 spiro atoms. The molecule has 22 heavy (non-hydrogen) atoms. The van der Waals surface area contributed by atoms with Gasteiger partial charge >= 0.3 is 0 Å². The molecular formula is C15H17BrFIN4. The van der Waals surface area contributed by atoms with E-state index in [9.17, 15) is 4.39 Å². The van der Waals surface area contributed by atoms with Gasteiger partial charge in [-0.25, -0.2) is 4.39 Å². The van der Waals surface area contributed by atoms with Crippen LogP contribution in [0, 0.1) is 5.82 Å². The zero-order valence-electron chi connectivity index (χ0n) is 12.0. The maximum atomic E-state index is 13.2. The Kier molecular flexibility index (Phi) is 8.32. The molecule has 0 saturated carbocycles. The van der Waals surface area contributed by atoms with Crippen molar-refractivity contribution in [2.75, 3.05) is 7.05 Å².